The lowest BCUT2D eigenvalue weighted by Gasteiger charge is -2.08. The zero-order valence-corrected chi connectivity index (χ0v) is 16.7. The van der Waals surface area contributed by atoms with E-state index in [1.165, 1.54) is 13.2 Å². The molecule has 3 aromatic rings. The Labute approximate surface area is 173 Å². The van der Waals surface area contributed by atoms with Crippen molar-refractivity contribution in [2.24, 2.45) is 0 Å². The summed E-state index contributed by atoms with van der Waals surface area (Å²) < 4.78 is 28.6. The largest absolute Gasteiger partial charge is 0.495 e. The van der Waals surface area contributed by atoms with Crippen LogP contribution in [0.4, 0.5) is 10.1 Å². The maximum Gasteiger partial charge on any atom is 0.339 e. The van der Waals surface area contributed by atoms with E-state index in [-0.39, 0.29) is 40.7 Å². The summed E-state index contributed by atoms with van der Waals surface area (Å²) in [6, 6.07) is 10.6. The quantitative estimate of drug-likeness (QED) is 0.534. The number of halogens is 2. The Morgan fingerprint density at radius 1 is 1.24 bits per heavy atom. The van der Waals surface area contributed by atoms with Gasteiger partial charge in [-0.2, -0.15) is 4.98 Å². The van der Waals surface area contributed by atoms with Gasteiger partial charge in [0.15, 0.2) is 12.4 Å². The second-order valence-corrected chi connectivity index (χ2v) is 6.58. The number of nitrogens with zero attached hydrogens (tertiary/aromatic N) is 2. The molecule has 0 unspecified atom stereocenters. The zero-order valence-electron chi connectivity index (χ0n) is 15.1. The van der Waals surface area contributed by atoms with Gasteiger partial charge in [0.2, 0.25) is 5.91 Å². The number of benzene rings is 2. The number of amides is 1. The topological polar surface area (TPSA) is 104 Å². The summed E-state index contributed by atoms with van der Waals surface area (Å²) in [5.41, 5.74) is 0.671. The van der Waals surface area contributed by atoms with E-state index in [9.17, 15) is 14.0 Å². The molecule has 1 aromatic heterocycles. The molecule has 0 saturated heterocycles. The fourth-order valence-corrected chi connectivity index (χ4v) is 2.88. The number of para-hydroxylation sites is 2. The van der Waals surface area contributed by atoms with Crippen LogP contribution < -0.4 is 10.1 Å². The zero-order chi connectivity index (χ0) is 20.8. The summed E-state index contributed by atoms with van der Waals surface area (Å²) in [4.78, 5) is 28.2. The van der Waals surface area contributed by atoms with Gasteiger partial charge in [0, 0.05) is 4.47 Å². The molecule has 0 aliphatic carbocycles. The molecule has 150 valence electrons. The van der Waals surface area contributed by atoms with Crippen LogP contribution in [0.3, 0.4) is 0 Å². The van der Waals surface area contributed by atoms with Crippen LogP contribution in [0.15, 0.2) is 51.5 Å². The fourth-order valence-electron chi connectivity index (χ4n) is 2.37. The van der Waals surface area contributed by atoms with Crippen molar-refractivity contribution < 1.29 is 28.0 Å². The first kappa shape index (κ1) is 20.5. The molecule has 1 amide bonds. The van der Waals surface area contributed by atoms with Gasteiger partial charge in [-0.15, -0.1) is 0 Å². The number of esters is 1. The van der Waals surface area contributed by atoms with Crippen molar-refractivity contribution in [1.82, 2.24) is 10.1 Å². The van der Waals surface area contributed by atoms with Crippen LogP contribution >= 0.6 is 15.9 Å². The van der Waals surface area contributed by atoms with Gasteiger partial charge in [0.1, 0.15) is 11.6 Å². The number of carbonyl (C=O) groups excluding carboxylic acids is 2. The molecule has 0 fully saturated rings. The minimum absolute atomic E-state index is 0.0247. The van der Waals surface area contributed by atoms with Gasteiger partial charge in [-0.25, -0.2) is 9.18 Å². The monoisotopic (exact) mass is 463 g/mol. The Morgan fingerprint density at radius 3 is 2.79 bits per heavy atom. The van der Waals surface area contributed by atoms with Crippen molar-refractivity contribution in [3.8, 4) is 5.75 Å². The maximum absolute atomic E-state index is 13.1. The second kappa shape index (κ2) is 9.28. The first-order valence-electron chi connectivity index (χ1n) is 8.32. The molecule has 1 heterocycles. The Kier molecular flexibility index (Phi) is 6.55. The summed E-state index contributed by atoms with van der Waals surface area (Å²) in [7, 11) is 1.50. The predicted molar refractivity (Wildman–Crippen MR) is 103 cm³/mol. The molecule has 29 heavy (non-hydrogen) atoms. The van der Waals surface area contributed by atoms with Gasteiger partial charge in [-0.3, -0.25) is 4.79 Å². The van der Waals surface area contributed by atoms with E-state index in [1.54, 1.807) is 24.3 Å². The number of rotatable bonds is 7. The molecular weight excluding hydrogens is 449 g/mol. The van der Waals surface area contributed by atoms with Gasteiger partial charge in [-0.1, -0.05) is 17.3 Å². The van der Waals surface area contributed by atoms with Gasteiger partial charge < -0.3 is 19.3 Å². The molecule has 0 aliphatic heterocycles. The van der Waals surface area contributed by atoms with Crippen molar-refractivity contribution in [2.75, 3.05) is 12.4 Å². The first-order chi connectivity index (χ1) is 14.0. The van der Waals surface area contributed by atoms with E-state index in [1.807, 2.05) is 0 Å². The summed E-state index contributed by atoms with van der Waals surface area (Å²) >= 11 is 3.10. The highest BCUT2D eigenvalue weighted by molar-refractivity contribution is 9.10. The summed E-state index contributed by atoms with van der Waals surface area (Å²) in [6.45, 7) is -0.288. The number of hydrogen-bond acceptors (Lipinski definition) is 7. The highest BCUT2D eigenvalue weighted by Crippen LogP contribution is 2.23. The summed E-state index contributed by atoms with van der Waals surface area (Å²) in [5, 5.41) is 6.39. The number of methoxy groups -OCH3 is 1. The minimum atomic E-state index is -0.689. The normalized spacial score (nSPS) is 10.4. The summed E-state index contributed by atoms with van der Waals surface area (Å²) in [6.07, 6.45) is -0.140. The predicted octanol–water partition coefficient (Wildman–Crippen LogP) is 3.52. The smallest absolute Gasteiger partial charge is 0.339 e. The third-order valence-electron chi connectivity index (χ3n) is 3.69. The highest BCUT2D eigenvalue weighted by Gasteiger charge is 2.16. The van der Waals surface area contributed by atoms with Crippen LogP contribution in [0.5, 0.6) is 5.75 Å². The van der Waals surface area contributed by atoms with E-state index in [0.29, 0.717) is 11.4 Å². The van der Waals surface area contributed by atoms with Crippen LogP contribution in [0.25, 0.3) is 0 Å². The van der Waals surface area contributed by atoms with Gasteiger partial charge in [0.25, 0.3) is 5.89 Å². The van der Waals surface area contributed by atoms with Crippen LogP contribution in [0.2, 0.25) is 0 Å². The minimum Gasteiger partial charge on any atom is -0.495 e. The maximum atomic E-state index is 13.1. The van der Waals surface area contributed by atoms with Crippen LogP contribution in [0.1, 0.15) is 22.1 Å². The average molecular weight is 464 g/mol. The molecule has 1 N–H and O–H groups in total. The van der Waals surface area contributed by atoms with Crippen LogP contribution in [-0.2, 0) is 22.6 Å². The average Bonchev–Trinajstić information content (AvgIpc) is 3.13. The number of aromatic nitrogens is 2. The lowest BCUT2D eigenvalue weighted by molar-refractivity contribution is -0.115. The highest BCUT2D eigenvalue weighted by atomic mass is 79.9. The number of nitrogens with one attached hydrogen (secondary N) is 1. The van der Waals surface area contributed by atoms with E-state index >= 15 is 0 Å². The van der Waals surface area contributed by atoms with E-state index in [2.05, 4.69) is 31.4 Å². The van der Waals surface area contributed by atoms with Crippen LogP contribution in [-0.4, -0.2) is 29.1 Å². The molecule has 0 bridgehead atoms. The molecule has 8 nitrogen and oxygen atoms in total. The number of hydrogen-bond donors (Lipinski definition) is 1. The molecule has 0 saturated carbocycles. The SMILES string of the molecule is COc1ccccc1NC(=O)Cc1noc(COC(=O)c2ccc(F)cc2Br)n1. The van der Waals surface area contributed by atoms with Gasteiger partial charge in [-0.05, 0) is 46.3 Å². The molecule has 0 spiro atoms. The fraction of sp³-hybridized carbons (Fsp3) is 0.158. The Balaban J connectivity index is 1.55. The van der Waals surface area contributed by atoms with E-state index < -0.39 is 11.8 Å². The van der Waals surface area contributed by atoms with Crippen molar-refractivity contribution in [1.29, 1.82) is 0 Å². The van der Waals surface area contributed by atoms with Crippen molar-refractivity contribution in [2.45, 2.75) is 13.0 Å². The Bertz CT molecular complexity index is 1040. The van der Waals surface area contributed by atoms with Crippen molar-refractivity contribution in [3.05, 3.63) is 70.0 Å². The Hall–Kier alpha value is -3.27. The molecule has 3 rings (SSSR count). The van der Waals surface area contributed by atoms with Gasteiger partial charge >= 0.3 is 5.97 Å². The molecule has 0 radical (unpaired) electrons. The molecule has 10 heteroatoms. The Morgan fingerprint density at radius 2 is 2.03 bits per heavy atom. The molecular formula is C19H15BrFN3O5. The van der Waals surface area contributed by atoms with Crippen molar-refractivity contribution >= 4 is 33.5 Å². The second-order valence-electron chi connectivity index (χ2n) is 5.73. The third-order valence-corrected chi connectivity index (χ3v) is 4.34. The van der Waals surface area contributed by atoms with Crippen LogP contribution in [0, 0.1) is 5.82 Å². The van der Waals surface area contributed by atoms with E-state index in [0.717, 1.165) is 12.1 Å². The molecule has 0 atom stereocenters. The number of carbonyl (C=O) groups is 2. The first-order valence-corrected chi connectivity index (χ1v) is 9.12. The number of anilines is 1. The standard InChI is InChI=1S/C19H15BrFN3O5/c1-27-15-5-3-2-4-14(15)22-17(25)9-16-23-18(29-24-16)10-28-19(26)12-7-6-11(21)8-13(12)20/h2-8H,9-10H2,1H3,(H,22,25). The lowest BCUT2D eigenvalue weighted by Crippen LogP contribution is -2.15. The van der Waals surface area contributed by atoms with E-state index in [4.69, 9.17) is 14.0 Å². The van der Waals surface area contributed by atoms with Crippen molar-refractivity contribution in [3.63, 3.8) is 0 Å². The number of ether oxygens (including phenoxy) is 2. The molecule has 2 aromatic carbocycles. The van der Waals surface area contributed by atoms with Gasteiger partial charge in [0.05, 0.1) is 24.8 Å². The lowest BCUT2D eigenvalue weighted by atomic mass is 10.2. The molecule has 0 aliphatic rings. The third kappa shape index (κ3) is 5.38. The summed E-state index contributed by atoms with van der Waals surface area (Å²) in [5.74, 6) is -0.863.